The average molecular weight is 907 g/mol. The molecule has 0 aromatic heterocycles. The molecular formula is C40H62N10O14. The van der Waals surface area contributed by atoms with Crippen molar-refractivity contribution >= 4 is 59.1 Å². The lowest BCUT2D eigenvalue weighted by molar-refractivity contribution is -0.143. The van der Waals surface area contributed by atoms with Crippen LogP contribution in [0.4, 0.5) is 0 Å². The quantitative estimate of drug-likeness (QED) is 0.0462. The molecule has 1 heterocycles. The van der Waals surface area contributed by atoms with Gasteiger partial charge in [-0.15, -0.1) is 0 Å². The van der Waals surface area contributed by atoms with Gasteiger partial charge in [0.1, 0.15) is 60.1 Å². The molecule has 1 aromatic carbocycles. The van der Waals surface area contributed by atoms with Gasteiger partial charge in [0.2, 0.25) is 53.2 Å². The number of phenolic OH excluding ortho intramolecular Hbond substituents is 1. The molecule has 10 atom stereocenters. The van der Waals surface area contributed by atoms with E-state index >= 15 is 0 Å². The summed E-state index contributed by atoms with van der Waals surface area (Å²) in [5.74, 6) is -9.39. The number of aliphatic hydroxyl groups is 2. The van der Waals surface area contributed by atoms with Crippen molar-refractivity contribution in [1.82, 2.24) is 47.4 Å². The molecule has 14 N–H and O–H groups in total. The van der Waals surface area contributed by atoms with E-state index in [1.54, 1.807) is 13.8 Å². The summed E-state index contributed by atoms with van der Waals surface area (Å²) in [5.41, 5.74) is 5.94. The van der Waals surface area contributed by atoms with Crippen molar-refractivity contribution in [1.29, 1.82) is 0 Å². The van der Waals surface area contributed by atoms with Crippen LogP contribution in [0.1, 0.15) is 66.4 Å². The van der Waals surface area contributed by atoms with Crippen molar-refractivity contribution in [2.45, 2.75) is 122 Å². The second-order valence-corrected chi connectivity index (χ2v) is 15.5. The van der Waals surface area contributed by atoms with Crippen LogP contribution in [-0.4, -0.2) is 165 Å². The van der Waals surface area contributed by atoms with Crippen LogP contribution in [0.3, 0.4) is 0 Å². The number of likely N-dealkylation sites (tertiary alicyclic amines) is 1. The molecule has 0 bridgehead atoms. The number of carboxylic acids is 1. The number of carboxylic acid groups (broad SMARTS) is 1. The molecule has 0 spiro atoms. The third kappa shape index (κ3) is 16.1. The Morgan fingerprint density at radius 3 is 1.58 bits per heavy atom. The van der Waals surface area contributed by atoms with Gasteiger partial charge in [0.15, 0.2) is 0 Å². The Kier molecular flexibility index (Phi) is 21.5. The summed E-state index contributed by atoms with van der Waals surface area (Å²) in [7, 11) is 0. The minimum absolute atomic E-state index is 0.0733. The summed E-state index contributed by atoms with van der Waals surface area (Å²) >= 11 is 0. The lowest BCUT2D eigenvalue weighted by atomic mass is 9.96. The summed E-state index contributed by atoms with van der Waals surface area (Å²) in [6, 6.07) is -6.17. The Labute approximate surface area is 369 Å². The number of hydrogen-bond donors (Lipinski definition) is 13. The first-order chi connectivity index (χ1) is 30.1. The fraction of sp³-hybridized carbons (Fsp3) is 0.600. The molecule has 356 valence electrons. The predicted octanol–water partition coefficient (Wildman–Crippen LogP) is -5.04. The van der Waals surface area contributed by atoms with Gasteiger partial charge in [-0.2, -0.15) is 0 Å². The van der Waals surface area contributed by atoms with Crippen LogP contribution in [-0.2, 0) is 54.4 Å². The predicted molar refractivity (Wildman–Crippen MR) is 225 cm³/mol. The number of nitrogens with two attached hydrogens (primary N) is 1. The molecule has 9 amide bonds. The van der Waals surface area contributed by atoms with Gasteiger partial charge in [0, 0.05) is 13.0 Å². The van der Waals surface area contributed by atoms with E-state index in [9.17, 15) is 58.2 Å². The number of benzene rings is 1. The number of carbonyl (C=O) groups is 10. The number of rotatable bonds is 24. The van der Waals surface area contributed by atoms with Gasteiger partial charge in [-0.1, -0.05) is 32.4 Å². The van der Waals surface area contributed by atoms with E-state index < -0.39 is 133 Å². The lowest BCUT2D eigenvalue weighted by Crippen LogP contribution is -2.61. The number of hydrogen-bond acceptors (Lipinski definition) is 14. The van der Waals surface area contributed by atoms with Crippen molar-refractivity contribution in [2.24, 2.45) is 11.7 Å². The number of aromatic hydroxyl groups is 1. The molecule has 24 heteroatoms. The molecule has 0 radical (unpaired) electrons. The van der Waals surface area contributed by atoms with Crippen molar-refractivity contribution in [2.75, 3.05) is 26.3 Å². The van der Waals surface area contributed by atoms with E-state index in [0.29, 0.717) is 31.4 Å². The Bertz CT molecular complexity index is 1850. The second-order valence-electron chi connectivity index (χ2n) is 15.5. The van der Waals surface area contributed by atoms with Gasteiger partial charge in [-0.3, -0.25) is 43.2 Å². The molecule has 2 rings (SSSR count). The standard InChI is InChI=1S/C40H62N10O14/c1-7-19(2)31(39(62)47-27(17-51)37(60)44-20(3)32(55)43-23(6)35(58)48-28(18-52)40(63)64)49-36(59)26(15-24-10-12-25(53)13-11-24)46-34(57)22(5)42-33(56)21(4)45-38(61)29-9-8-14-50(29)30(54)16-41/h10-13,19-23,26-29,31,51-53H,7-9,14-18,41H2,1-6H3,(H,42,56)(H,43,55)(H,44,60)(H,45,61)(H,46,57)(H,47,62)(H,48,58)(H,49,59)(H,63,64)/t19-,20-,21+,22-,23-,26-,27-,28-,29-,31-/m0/s1. The van der Waals surface area contributed by atoms with E-state index in [2.05, 4.69) is 37.2 Å². The largest absolute Gasteiger partial charge is 0.508 e. The van der Waals surface area contributed by atoms with Crippen LogP contribution < -0.4 is 48.3 Å². The third-order valence-corrected chi connectivity index (χ3v) is 10.5. The topological polar surface area (TPSA) is 377 Å². The summed E-state index contributed by atoms with van der Waals surface area (Å²) in [4.78, 5) is 130. The first-order valence-corrected chi connectivity index (χ1v) is 20.7. The van der Waals surface area contributed by atoms with E-state index in [4.69, 9.17) is 15.9 Å². The number of amides is 9. The zero-order chi connectivity index (χ0) is 48.4. The molecule has 1 fully saturated rings. The van der Waals surface area contributed by atoms with Crippen LogP contribution in [0.25, 0.3) is 0 Å². The SMILES string of the molecule is CC[C@H](C)[C@H](NC(=O)[C@H](Cc1ccc(O)cc1)NC(=O)[C@H](C)NC(=O)[C@@H](C)NC(=O)[C@@H]1CCCN1C(=O)CN)C(=O)N[C@@H](CO)C(=O)N[C@@H](C)C(=O)N[C@@H](C)C(=O)N[C@@H](CO)C(=O)O. The van der Waals surface area contributed by atoms with Crippen molar-refractivity contribution in [3.8, 4) is 5.75 Å². The van der Waals surface area contributed by atoms with Gasteiger partial charge in [-0.05, 0) is 64.2 Å². The normalized spacial score (nSPS) is 17.6. The second kappa shape index (κ2) is 25.6. The number of carbonyl (C=O) groups excluding carboxylic acids is 9. The number of aliphatic hydroxyl groups excluding tert-OH is 2. The monoisotopic (exact) mass is 906 g/mol. The molecule has 64 heavy (non-hydrogen) atoms. The van der Waals surface area contributed by atoms with Crippen LogP contribution in [0.15, 0.2) is 24.3 Å². The van der Waals surface area contributed by atoms with Crippen molar-refractivity contribution in [3.05, 3.63) is 29.8 Å². The van der Waals surface area contributed by atoms with Crippen LogP contribution in [0.2, 0.25) is 0 Å². The highest BCUT2D eigenvalue weighted by Gasteiger charge is 2.36. The third-order valence-electron chi connectivity index (χ3n) is 10.5. The molecule has 1 aromatic rings. The molecule has 1 aliphatic rings. The summed E-state index contributed by atoms with van der Waals surface area (Å²) in [6.45, 7) is 6.71. The molecule has 0 unspecified atom stereocenters. The first-order valence-electron chi connectivity index (χ1n) is 20.7. The van der Waals surface area contributed by atoms with Gasteiger partial charge >= 0.3 is 5.97 Å². The van der Waals surface area contributed by atoms with Crippen LogP contribution in [0.5, 0.6) is 5.75 Å². The number of nitrogens with one attached hydrogen (secondary N) is 8. The minimum Gasteiger partial charge on any atom is -0.508 e. The Balaban J connectivity index is 2.17. The first kappa shape index (κ1) is 53.7. The number of phenols is 1. The number of nitrogens with zero attached hydrogens (tertiary/aromatic N) is 1. The van der Waals surface area contributed by atoms with Gasteiger partial charge < -0.3 is 73.6 Å². The van der Waals surface area contributed by atoms with Gasteiger partial charge in [-0.25, -0.2) is 4.79 Å². The summed E-state index contributed by atoms with van der Waals surface area (Å²) < 4.78 is 0. The summed E-state index contributed by atoms with van der Waals surface area (Å²) in [6.07, 6.45) is 1.11. The van der Waals surface area contributed by atoms with Crippen molar-refractivity contribution in [3.63, 3.8) is 0 Å². The minimum atomic E-state index is -1.65. The van der Waals surface area contributed by atoms with Crippen LogP contribution >= 0.6 is 0 Å². The molecule has 24 nitrogen and oxygen atoms in total. The van der Waals surface area contributed by atoms with E-state index in [-0.39, 0.29) is 18.7 Å². The highest BCUT2D eigenvalue weighted by Crippen LogP contribution is 2.18. The molecule has 0 saturated carbocycles. The summed E-state index contributed by atoms with van der Waals surface area (Å²) in [5, 5.41) is 57.2. The molecule has 1 saturated heterocycles. The highest BCUT2D eigenvalue weighted by molar-refractivity contribution is 5.98. The molecule has 0 aliphatic carbocycles. The van der Waals surface area contributed by atoms with E-state index in [1.165, 1.54) is 56.9 Å². The van der Waals surface area contributed by atoms with Gasteiger partial charge in [0.05, 0.1) is 19.8 Å². The Morgan fingerprint density at radius 2 is 1.09 bits per heavy atom. The van der Waals surface area contributed by atoms with Gasteiger partial charge in [0.25, 0.3) is 0 Å². The fourth-order valence-electron chi connectivity index (χ4n) is 6.28. The maximum absolute atomic E-state index is 14.0. The molecular weight excluding hydrogens is 844 g/mol. The van der Waals surface area contributed by atoms with E-state index in [1.807, 2.05) is 5.32 Å². The zero-order valence-corrected chi connectivity index (χ0v) is 36.6. The highest BCUT2D eigenvalue weighted by atomic mass is 16.4. The smallest absolute Gasteiger partial charge is 0.328 e. The maximum atomic E-state index is 14.0. The fourth-order valence-corrected chi connectivity index (χ4v) is 6.28. The average Bonchev–Trinajstić information content (AvgIpc) is 3.76. The van der Waals surface area contributed by atoms with Crippen molar-refractivity contribution < 1.29 is 68.4 Å². The number of aliphatic carboxylic acids is 1. The van der Waals surface area contributed by atoms with Crippen LogP contribution in [0, 0.1) is 5.92 Å². The molecule has 1 aliphatic heterocycles. The zero-order valence-electron chi connectivity index (χ0n) is 36.6. The Morgan fingerprint density at radius 1 is 0.641 bits per heavy atom. The maximum Gasteiger partial charge on any atom is 0.328 e. The Hall–Kier alpha value is -6.40. The lowest BCUT2D eigenvalue weighted by Gasteiger charge is -2.29. The van der Waals surface area contributed by atoms with E-state index in [0.717, 1.165) is 0 Å².